The van der Waals surface area contributed by atoms with Crippen LogP contribution in [0.2, 0.25) is 0 Å². The van der Waals surface area contributed by atoms with Gasteiger partial charge in [-0.1, -0.05) is 182 Å². The fourth-order valence-corrected chi connectivity index (χ4v) is 8.93. The van der Waals surface area contributed by atoms with Crippen molar-refractivity contribution in [3.8, 4) is 67.5 Å². The molecule has 2 aromatic heterocycles. The molecule has 12 aromatic rings. The van der Waals surface area contributed by atoms with Crippen molar-refractivity contribution in [1.29, 1.82) is 0 Å². The van der Waals surface area contributed by atoms with E-state index in [9.17, 15) is 0 Å². The van der Waals surface area contributed by atoms with Gasteiger partial charge in [-0.25, -0.2) is 9.97 Å². The number of furan rings is 1. The monoisotopic (exact) mass is 776 g/mol. The van der Waals surface area contributed by atoms with Crippen LogP contribution in [-0.2, 0) is 0 Å². The van der Waals surface area contributed by atoms with Crippen LogP contribution in [0.1, 0.15) is 0 Å². The summed E-state index contributed by atoms with van der Waals surface area (Å²) in [6.45, 7) is 0. The predicted octanol–water partition coefficient (Wildman–Crippen LogP) is 15.8. The molecule has 0 atom stereocenters. The van der Waals surface area contributed by atoms with Gasteiger partial charge in [-0.15, -0.1) is 0 Å². The number of hydrogen-bond acceptors (Lipinski definition) is 3. The molecule has 0 spiro atoms. The maximum absolute atomic E-state index is 6.15. The van der Waals surface area contributed by atoms with Crippen molar-refractivity contribution in [3.05, 3.63) is 218 Å². The van der Waals surface area contributed by atoms with Gasteiger partial charge in [0.1, 0.15) is 11.3 Å². The highest BCUT2D eigenvalue weighted by Crippen LogP contribution is 2.41. The van der Waals surface area contributed by atoms with Crippen LogP contribution in [0, 0.1) is 0 Å². The van der Waals surface area contributed by atoms with E-state index < -0.39 is 0 Å². The van der Waals surface area contributed by atoms with Crippen LogP contribution < -0.4 is 0 Å². The smallest absolute Gasteiger partial charge is 0.160 e. The second kappa shape index (κ2) is 14.3. The number of aromatic nitrogens is 2. The van der Waals surface area contributed by atoms with Crippen molar-refractivity contribution in [3.63, 3.8) is 0 Å². The second-order valence-corrected chi connectivity index (χ2v) is 15.8. The molecular formula is C58H36N2O. The van der Waals surface area contributed by atoms with E-state index in [1.54, 1.807) is 0 Å². The summed E-state index contributed by atoms with van der Waals surface area (Å²) in [5.41, 5.74) is 11.5. The summed E-state index contributed by atoms with van der Waals surface area (Å²) in [5.74, 6) is 1.54. The molecule has 10 aromatic carbocycles. The molecule has 0 saturated heterocycles. The molecule has 0 aliphatic carbocycles. The van der Waals surface area contributed by atoms with Gasteiger partial charge < -0.3 is 4.42 Å². The first-order valence-electron chi connectivity index (χ1n) is 20.7. The lowest BCUT2D eigenvalue weighted by molar-refractivity contribution is 0.631. The van der Waals surface area contributed by atoms with Crippen LogP contribution in [0.5, 0.6) is 0 Å². The maximum atomic E-state index is 6.15. The first kappa shape index (κ1) is 34.9. The third kappa shape index (κ3) is 6.23. The van der Waals surface area contributed by atoms with Gasteiger partial charge in [-0.3, -0.25) is 0 Å². The third-order valence-electron chi connectivity index (χ3n) is 12.1. The fraction of sp³-hybridized carbons (Fsp3) is 0. The van der Waals surface area contributed by atoms with E-state index in [0.717, 1.165) is 55.9 Å². The second-order valence-electron chi connectivity index (χ2n) is 15.8. The Morgan fingerprint density at radius 3 is 1.57 bits per heavy atom. The predicted molar refractivity (Wildman–Crippen MR) is 254 cm³/mol. The van der Waals surface area contributed by atoms with Crippen LogP contribution in [-0.4, -0.2) is 9.97 Å². The molecule has 0 unspecified atom stereocenters. The van der Waals surface area contributed by atoms with Crippen LogP contribution >= 0.6 is 0 Å². The van der Waals surface area contributed by atoms with Crippen molar-refractivity contribution in [2.24, 2.45) is 0 Å². The molecule has 0 amide bonds. The van der Waals surface area contributed by atoms with E-state index in [2.05, 4.69) is 182 Å². The van der Waals surface area contributed by atoms with Crippen LogP contribution in [0.3, 0.4) is 0 Å². The number of hydrogen-bond donors (Lipinski definition) is 0. The van der Waals surface area contributed by atoms with Crippen molar-refractivity contribution in [2.75, 3.05) is 0 Å². The Morgan fingerprint density at radius 2 is 0.836 bits per heavy atom. The molecule has 0 aliphatic rings. The minimum atomic E-state index is 0.692. The van der Waals surface area contributed by atoms with Gasteiger partial charge in [0.2, 0.25) is 0 Å². The van der Waals surface area contributed by atoms with Gasteiger partial charge >= 0.3 is 0 Å². The van der Waals surface area contributed by atoms with Crippen molar-refractivity contribution < 1.29 is 4.42 Å². The van der Waals surface area contributed by atoms with Crippen molar-refractivity contribution >= 4 is 54.1 Å². The molecule has 0 N–H and O–H groups in total. The lowest BCUT2D eigenvalue weighted by Gasteiger charge is -2.15. The first-order valence-corrected chi connectivity index (χ1v) is 20.7. The van der Waals surface area contributed by atoms with Gasteiger partial charge in [0, 0.05) is 27.6 Å². The molecule has 0 aliphatic heterocycles. The number of nitrogens with zero attached hydrogens (tertiary/aromatic N) is 2. The normalized spacial score (nSPS) is 11.6. The topological polar surface area (TPSA) is 38.9 Å². The molecule has 0 fully saturated rings. The quantitative estimate of drug-likeness (QED) is 0.125. The first-order chi connectivity index (χ1) is 30.2. The summed E-state index contributed by atoms with van der Waals surface area (Å²) in [6.07, 6.45) is 0. The van der Waals surface area contributed by atoms with E-state index in [1.807, 2.05) is 36.4 Å². The zero-order chi connectivity index (χ0) is 40.3. The highest BCUT2D eigenvalue weighted by atomic mass is 16.3. The van der Waals surface area contributed by atoms with E-state index in [4.69, 9.17) is 14.4 Å². The molecule has 61 heavy (non-hydrogen) atoms. The Morgan fingerprint density at radius 1 is 0.279 bits per heavy atom. The lowest BCUT2D eigenvalue weighted by Crippen LogP contribution is -1.96. The summed E-state index contributed by atoms with van der Waals surface area (Å²) < 4.78 is 6.15. The summed E-state index contributed by atoms with van der Waals surface area (Å²) in [7, 11) is 0. The minimum absolute atomic E-state index is 0.692. The van der Waals surface area contributed by atoms with E-state index in [-0.39, 0.29) is 0 Å². The van der Waals surface area contributed by atoms with Gasteiger partial charge in [0.05, 0.1) is 11.4 Å². The molecule has 12 rings (SSSR count). The Balaban J connectivity index is 0.879. The van der Waals surface area contributed by atoms with Crippen LogP contribution in [0.25, 0.3) is 122 Å². The zero-order valence-corrected chi connectivity index (χ0v) is 33.1. The van der Waals surface area contributed by atoms with Gasteiger partial charge in [-0.2, -0.15) is 0 Å². The highest BCUT2D eigenvalue weighted by Gasteiger charge is 2.15. The summed E-state index contributed by atoms with van der Waals surface area (Å²) in [6, 6.07) is 77.7. The molecule has 284 valence electrons. The van der Waals surface area contributed by atoms with Gasteiger partial charge in [-0.05, 0) is 102 Å². The molecule has 0 radical (unpaired) electrons. The van der Waals surface area contributed by atoms with Crippen LogP contribution in [0.4, 0.5) is 0 Å². The van der Waals surface area contributed by atoms with Crippen molar-refractivity contribution in [1.82, 2.24) is 9.97 Å². The summed E-state index contributed by atoms with van der Waals surface area (Å²) in [5, 5.41) is 11.1. The summed E-state index contributed by atoms with van der Waals surface area (Å²) in [4.78, 5) is 10.2. The number of fused-ring (bicyclic) bond motifs is 6. The third-order valence-corrected chi connectivity index (χ3v) is 12.1. The van der Waals surface area contributed by atoms with E-state index >= 15 is 0 Å². The minimum Gasteiger partial charge on any atom is -0.456 e. The van der Waals surface area contributed by atoms with E-state index in [1.165, 1.54) is 59.8 Å². The van der Waals surface area contributed by atoms with E-state index in [0.29, 0.717) is 5.82 Å². The molecule has 0 bridgehead atoms. The molecule has 0 saturated carbocycles. The Bertz CT molecular complexity index is 3590. The van der Waals surface area contributed by atoms with Gasteiger partial charge in [0.15, 0.2) is 5.82 Å². The standard InChI is InChI=1S/C58H36N2O/c1-2-11-42(12-3-1)58-59-53(36-54(60-58)40-22-24-41(25-23-40)56-35-47-14-6-9-17-55(47)61-56)39-20-18-37(19-21-39)43-26-27-45-33-48(29-28-44(45)32-43)57-50-16-8-5-13-46(50)34-52-49-15-7-4-10-38(49)30-31-51(52)57/h1-36H. The van der Waals surface area contributed by atoms with Crippen LogP contribution in [0.15, 0.2) is 223 Å². The average Bonchev–Trinajstić information content (AvgIpc) is 3.78. The average molecular weight is 777 g/mol. The number of rotatable bonds is 6. The molecular weight excluding hydrogens is 741 g/mol. The fourth-order valence-electron chi connectivity index (χ4n) is 8.93. The maximum Gasteiger partial charge on any atom is 0.160 e. The molecule has 3 nitrogen and oxygen atoms in total. The number of para-hydroxylation sites is 1. The number of benzene rings is 10. The Kier molecular flexibility index (Phi) is 8.17. The largest absolute Gasteiger partial charge is 0.456 e. The van der Waals surface area contributed by atoms with Gasteiger partial charge in [0.25, 0.3) is 0 Å². The highest BCUT2D eigenvalue weighted by molar-refractivity contribution is 6.20. The molecule has 3 heteroatoms. The lowest BCUT2D eigenvalue weighted by atomic mass is 9.89. The molecule has 2 heterocycles. The summed E-state index contributed by atoms with van der Waals surface area (Å²) >= 11 is 0. The zero-order valence-electron chi connectivity index (χ0n) is 33.1. The van der Waals surface area contributed by atoms with Crippen molar-refractivity contribution in [2.45, 2.75) is 0 Å². The SMILES string of the molecule is c1ccc(-c2nc(-c3ccc(-c4ccc5cc(-c6c7ccccc7cc7c6ccc6ccccc67)ccc5c4)cc3)cc(-c3ccc(-c4cc5ccccc5o4)cc3)n2)cc1. The Labute approximate surface area is 352 Å². The Hall–Kier alpha value is -8.14.